The van der Waals surface area contributed by atoms with Crippen molar-refractivity contribution in [2.75, 3.05) is 17.2 Å². The van der Waals surface area contributed by atoms with E-state index in [4.69, 9.17) is 10.5 Å². The number of anilines is 1. The monoisotopic (exact) mass is 286 g/mol. The van der Waals surface area contributed by atoms with Gasteiger partial charge in [0.15, 0.2) is 0 Å². The Morgan fingerprint density at radius 3 is 2.26 bits per heavy atom. The van der Waals surface area contributed by atoms with Crippen molar-refractivity contribution in [3.8, 4) is 5.75 Å². The fraction of sp³-hybridized carbons (Fsp3) is 0.417. The lowest BCUT2D eigenvalue weighted by Crippen LogP contribution is -2.45. The maximum absolute atomic E-state index is 11.8. The van der Waals surface area contributed by atoms with Gasteiger partial charge in [-0.15, -0.1) is 0 Å². The third-order valence-corrected chi connectivity index (χ3v) is 3.76. The van der Waals surface area contributed by atoms with Gasteiger partial charge in [0.25, 0.3) is 0 Å². The van der Waals surface area contributed by atoms with Crippen molar-refractivity contribution in [2.24, 2.45) is 5.73 Å². The molecule has 1 amide bonds. The Bertz CT molecular complexity index is 539. The van der Waals surface area contributed by atoms with E-state index in [1.165, 1.54) is 6.92 Å². The minimum absolute atomic E-state index is 0.372. The van der Waals surface area contributed by atoms with Crippen LogP contribution in [0.3, 0.4) is 0 Å². The first-order valence-electron chi connectivity index (χ1n) is 5.79. The largest absolute Gasteiger partial charge is 0.494 e. The minimum Gasteiger partial charge on any atom is -0.494 e. The van der Waals surface area contributed by atoms with E-state index in [0.717, 1.165) is 10.6 Å². The number of nitrogens with zero attached hydrogens (tertiary/aromatic N) is 1. The summed E-state index contributed by atoms with van der Waals surface area (Å²) < 4.78 is 29.8. The first-order chi connectivity index (χ1) is 8.77. The smallest absolute Gasteiger partial charge is 0.241 e. The van der Waals surface area contributed by atoms with Crippen molar-refractivity contribution < 1.29 is 17.9 Å². The summed E-state index contributed by atoms with van der Waals surface area (Å²) in [6.45, 7) is 3.82. The van der Waals surface area contributed by atoms with Gasteiger partial charge in [-0.05, 0) is 38.1 Å². The number of hydrogen-bond acceptors (Lipinski definition) is 4. The number of primary amides is 1. The third kappa shape index (κ3) is 3.85. The summed E-state index contributed by atoms with van der Waals surface area (Å²) >= 11 is 0. The number of benzene rings is 1. The van der Waals surface area contributed by atoms with Gasteiger partial charge in [0, 0.05) is 0 Å². The molecule has 1 atom stereocenters. The molecule has 1 rings (SSSR count). The van der Waals surface area contributed by atoms with Gasteiger partial charge < -0.3 is 10.5 Å². The quantitative estimate of drug-likeness (QED) is 0.834. The highest BCUT2D eigenvalue weighted by Crippen LogP contribution is 2.23. The van der Waals surface area contributed by atoms with E-state index in [1.807, 2.05) is 6.92 Å². The Morgan fingerprint density at radius 2 is 1.89 bits per heavy atom. The van der Waals surface area contributed by atoms with Crippen molar-refractivity contribution in [1.29, 1.82) is 0 Å². The van der Waals surface area contributed by atoms with E-state index in [0.29, 0.717) is 18.0 Å². The number of carbonyl (C=O) groups excluding carboxylic acids is 1. The average molecular weight is 286 g/mol. The second kappa shape index (κ2) is 5.92. The first kappa shape index (κ1) is 15.3. The zero-order valence-corrected chi connectivity index (χ0v) is 12.0. The number of amides is 1. The van der Waals surface area contributed by atoms with E-state index < -0.39 is 22.0 Å². The van der Waals surface area contributed by atoms with E-state index in [-0.39, 0.29) is 0 Å². The van der Waals surface area contributed by atoms with Crippen molar-refractivity contribution in [1.82, 2.24) is 0 Å². The summed E-state index contributed by atoms with van der Waals surface area (Å²) in [6, 6.07) is 5.49. The van der Waals surface area contributed by atoms with Gasteiger partial charge in [-0.2, -0.15) is 0 Å². The summed E-state index contributed by atoms with van der Waals surface area (Å²) in [5.41, 5.74) is 5.55. The molecule has 0 heterocycles. The van der Waals surface area contributed by atoms with E-state index in [1.54, 1.807) is 24.3 Å². The van der Waals surface area contributed by atoms with Crippen LogP contribution in [0.4, 0.5) is 5.69 Å². The average Bonchev–Trinajstić information content (AvgIpc) is 2.30. The molecule has 0 spiro atoms. The van der Waals surface area contributed by atoms with Gasteiger partial charge in [0.05, 0.1) is 18.6 Å². The second-order valence-electron chi connectivity index (χ2n) is 4.06. The topological polar surface area (TPSA) is 89.7 Å². The van der Waals surface area contributed by atoms with Crippen LogP contribution in [-0.2, 0) is 14.8 Å². The van der Waals surface area contributed by atoms with Crippen LogP contribution in [0.1, 0.15) is 13.8 Å². The van der Waals surface area contributed by atoms with Crippen LogP contribution in [0, 0.1) is 0 Å². The van der Waals surface area contributed by atoms with Crippen LogP contribution in [0.15, 0.2) is 24.3 Å². The molecule has 0 saturated heterocycles. The summed E-state index contributed by atoms with van der Waals surface area (Å²) in [5.74, 6) is -0.0780. The van der Waals surface area contributed by atoms with Crippen molar-refractivity contribution >= 4 is 21.6 Å². The van der Waals surface area contributed by atoms with Crippen LogP contribution in [-0.4, -0.2) is 33.2 Å². The summed E-state index contributed by atoms with van der Waals surface area (Å²) in [6.07, 6.45) is 1.03. The molecule has 0 fully saturated rings. The van der Waals surface area contributed by atoms with Gasteiger partial charge in [-0.3, -0.25) is 9.10 Å². The van der Waals surface area contributed by atoms with Gasteiger partial charge in [-0.25, -0.2) is 8.42 Å². The molecule has 6 nitrogen and oxygen atoms in total. The van der Waals surface area contributed by atoms with Crippen LogP contribution in [0.2, 0.25) is 0 Å². The molecule has 0 bridgehead atoms. The zero-order chi connectivity index (χ0) is 14.6. The molecule has 7 heteroatoms. The number of hydrogen-bond donors (Lipinski definition) is 1. The van der Waals surface area contributed by atoms with E-state index >= 15 is 0 Å². The molecule has 1 aromatic rings. The minimum atomic E-state index is -3.60. The molecule has 0 aromatic heterocycles. The zero-order valence-electron chi connectivity index (χ0n) is 11.2. The van der Waals surface area contributed by atoms with E-state index in [9.17, 15) is 13.2 Å². The Kier molecular flexibility index (Phi) is 4.77. The van der Waals surface area contributed by atoms with Crippen molar-refractivity contribution in [2.45, 2.75) is 19.9 Å². The molecular formula is C12H18N2O4S. The SMILES string of the molecule is CCOc1ccc(N(C(C)C(N)=O)S(C)(=O)=O)cc1. The molecule has 0 aliphatic carbocycles. The van der Waals surface area contributed by atoms with E-state index in [2.05, 4.69) is 0 Å². The van der Waals surface area contributed by atoms with Crippen molar-refractivity contribution in [3.63, 3.8) is 0 Å². The standard InChI is InChI=1S/C12H18N2O4S/c1-4-18-11-7-5-10(6-8-11)14(19(3,16)17)9(2)12(13)15/h5-9H,4H2,1-3H3,(H2,13,15). The molecule has 1 unspecified atom stereocenters. The van der Waals surface area contributed by atoms with Gasteiger partial charge >= 0.3 is 0 Å². The van der Waals surface area contributed by atoms with Gasteiger partial charge in [0.2, 0.25) is 15.9 Å². The third-order valence-electron chi connectivity index (χ3n) is 2.52. The molecule has 0 aliphatic rings. The summed E-state index contributed by atoms with van der Waals surface area (Å²) in [5, 5.41) is 0. The number of sulfonamides is 1. The van der Waals surface area contributed by atoms with Crippen LogP contribution in [0.25, 0.3) is 0 Å². The lowest BCUT2D eigenvalue weighted by molar-refractivity contribution is -0.118. The molecule has 19 heavy (non-hydrogen) atoms. The molecule has 106 valence electrons. The molecule has 0 aliphatic heterocycles. The maximum atomic E-state index is 11.8. The predicted molar refractivity (Wildman–Crippen MR) is 73.6 cm³/mol. The molecule has 0 saturated carbocycles. The molecular weight excluding hydrogens is 268 g/mol. The normalized spacial score (nSPS) is 12.8. The van der Waals surface area contributed by atoms with Gasteiger partial charge in [0.1, 0.15) is 11.8 Å². The number of ether oxygens (including phenoxy) is 1. The second-order valence-corrected chi connectivity index (χ2v) is 5.92. The molecule has 1 aromatic carbocycles. The summed E-state index contributed by atoms with van der Waals surface area (Å²) in [7, 11) is -3.60. The predicted octanol–water partition coefficient (Wildman–Crippen LogP) is 0.725. The lowest BCUT2D eigenvalue weighted by atomic mass is 10.2. The number of rotatable bonds is 6. The maximum Gasteiger partial charge on any atom is 0.241 e. The molecule has 0 radical (unpaired) electrons. The Morgan fingerprint density at radius 1 is 1.37 bits per heavy atom. The fourth-order valence-corrected chi connectivity index (χ4v) is 2.86. The Balaban J connectivity index is 3.15. The number of nitrogens with two attached hydrogens (primary N) is 1. The summed E-state index contributed by atoms with van der Waals surface area (Å²) in [4.78, 5) is 11.2. The van der Waals surface area contributed by atoms with Crippen molar-refractivity contribution in [3.05, 3.63) is 24.3 Å². The first-order valence-corrected chi connectivity index (χ1v) is 7.63. The van der Waals surface area contributed by atoms with Crippen LogP contribution < -0.4 is 14.8 Å². The lowest BCUT2D eigenvalue weighted by Gasteiger charge is -2.26. The van der Waals surface area contributed by atoms with Gasteiger partial charge in [-0.1, -0.05) is 0 Å². The Labute approximate surface area is 113 Å². The highest BCUT2D eigenvalue weighted by molar-refractivity contribution is 7.92. The highest BCUT2D eigenvalue weighted by atomic mass is 32.2. The fourth-order valence-electron chi connectivity index (χ4n) is 1.67. The highest BCUT2D eigenvalue weighted by Gasteiger charge is 2.27. The number of carbonyl (C=O) groups is 1. The van der Waals surface area contributed by atoms with Crippen LogP contribution in [0.5, 0.6) is 5.75 Å². The van der Waals surface area contributed by atoms with Crippen LogP contribution >= 0.6 is 0 Å². The molecule has 2 N–H and O–H groups in total. The Hall–Kier alpha value is -1.76.